The monoisotopic (exact) mass is 381 g/mol. The van der Waals surface area contributed by atoms with Crippen molar-refractivity contribution in [1.29, 1.82) is 0 Å². The molecule has 3 N–H and O–H groups in total. The SMILES string of the molecule is NC(=O)N1CCCCCN1c1ccccc1.c1ccc(N2CCNCC2)cc1. The Morgan fingerprint density at radius 2 is 1.32 bits per heavy atom. The van der Waals surface area contributed by atoms with Gasteiger partial charge in [-0.1, -0.05) is 36.4 Å². The molecule has 0 bridgehead atoms. The van der Waals surface area contributed by atoms with Gasteiger partial charge in [0, 0.05) is 45.0 Å². The van der Waals surface area contributed by atoms with Gasteiger partial charge < -0.3 is 16.0 Å². The molecule has 2 aliphatic rings. The Kier molecular flexibility index (Phi) is 7.55. The number of nitrogens with one attached hydrogen (secondary N) is 1. The number of piperazine rings is 1. The van der Waals surface area contributed by atoms with Gasteiger partial charge in [0.25, 0.3) is 0 Å². The highest BCUT2D eigenvalue weighted by molar-refractivity contribution is 5.74. The molecule has 2 heterocycles. The van der Waals surface area contributed by atoms with Crippen molar-refractivity contribution >= 4 is 17.4 Å². The maximum absolute atomic E-state index is 11.4. The number of hydrazine groups is 1. The van der Waals surface area contributed by atoms with Crippen molar-refractivity contribution in [2.45, 2.75) is 19.3 Å². The number of carbonyl (C=O) groups excluding carboxylic acids is 1. The molecule has 150 valence electrons. The van der Waals surface area contributed by atoms with Crippen LogP contribution in [0.2, 0.25) is 0 Å². The summed E-state index contributed by atoms with van der Waals surface area (Å²) in [4.78, 5) is 13.8. The number of carbonyl (C=O) groups is 1. The average Bonchev–Trinajstić information content (AvgIpc) is 3.02. The van der Waals surface area contributed by atoms with E-state index in [1.807, 2.05) is 35.3 Å². The number of anilines is 2. The van der Waals surface area contributed by atoms with Crippen LogP contribution in [-0.2, 0) is 0 Å². The molecule has 0 aromatic heterocycles. The molecule has 28 heavy (non-hydrogen) atoms. The average molecular weight is 382 g/mol. The lowest BCUT2D eigenvalue weighted by atomic mass is 10.2. The van der Waals surface area contributed by atoms with E-state index in [9.17, 15) is 4.79 Å². The van der Waals surface area contributed by atoms with Crippen molar-refractivity contribution in [2.75, 3.05) is 49.2 Å². The number of hydrogen-bond acceptors (Lipinski definition) is 4. The van der Waals surface area contributed by atoms with Crippen molar-refractivity contribution in [3.63, 3.8) is 0 Å². The van der Waals surface area contributed by atoms with Crippen LogP contribution in [0.3, 0.4) is 0 Å². The van der Waals surface area contributed by atoms with Crippen LogP contribution in [0, 0.1) is 0 Å². The van der Waals surface area contributed by atoms with Crippen LogP contribution >= 0.6 is 0 Å². The lowest BCUT2D eigenvalue weighted by molar-refractivity contribution is 0.204. The van der Waals surface area contributed by atoms with Crippen LogP contribution in [-0.4, -0.2) is 50.3 Å². The van der Waals surface area contributed by atoms with E-state index in [0.717, 1.165) is 57.7 Å². The van der Waals surface area contributed by atoms with Crippen molar-refractivity contribution in [3.05, 3.63) is 60.7 Å². The van der Waals surface area contributed by atoms with Gasteiger partial charge in [-0.05, 0) is 43.5 Å². The highest BCUT2D eigenvalue weighted by Gasteiger charge is 2.21. The van der Waals surface area contributed by atoms with Crippen LogP contribution in [0.4, 0.5) is 16.2 Å². The van der Waals surface area contributed by atoms with E-state index in [2.05, 4.69) is 40.5 Å². The molecular weight excluding hydrogens is 350 g/mol. The Labute approximate surface area is 167 Å². The molecule has 6 nitrogen and oxygen atoms in total. The summed E-state index contributed by atoms with van der Waals surface area (Å²) < 4.78 is 0. The third-order valence-electron chi connectivity index (χ3n) is 5.08. The van der Waals surface area contributed by atoms with E-state index in [0.29, 0.717) is 6.54 Å². The molecule has 0 saturated carbocycles. The Morgan fingerprint density at radius 3 is 1.93 bits per heavy atom. The summed E-state index contributed by atoms with van der Waals surface area (Å²) >= 11 is 0. The molecular formula is C22H31N5O. The number of urea groups is 1. The van der Waals surface area contributed by atoms with E-state index in [4.69, 9.17) is 5.73 Å². The van der Waals surface area contributed by atoms with Gasteiger partial charge in [0.1, 0.15) is 0 Å². The second kappa shape index (κ2) is 10.6. The van der Waals surface area contributed by atoms with E-state index >= 15 is 0 Å². The Hall–Kier alpha value is -2.73. The molecule has 0 aliphatic carbocycles. The maximum atomic E-state index is 11.4. The first-order chi connectivity index (χ1) is 13.8. The first-order valence-corrected chi connectivity index (χ1v) is 10.2. The molecule has 2 fully saturated rings. The summed E-state index contributed by atoms with van der Waals surface area (Å²) in [5.41, 5.74) is 7.79. The van der Waals surface area contributed by atoms with Crippen molar-refractivity contribution in [2.24, 2.45) is 5.73 Å². The van der Waals surface area contributed by atoms with E-state index in [1.54, 1.807) is 5.01 Å². The molecule has 2 aromatic carbocycles. The van der Waals surface area contributed by atoms with Crippen LogP contribution < -0.4 is 21.0 Å². The molecule has 2 aliphatic heterocycles. The number of nitrogens with two attached hydrogens (primary N) is 1. The third kappa shape index (κ3) is 5.63. The standard InChI is InChI=1S/C12H17N3O.C10H14N2/c13-12(16)15-10-6-2-5-9-14(15)11-7-3-1-4-8-11;1-2-4-10(5-3-1)12-8-6-11-7-9-12/h1,3-4,7-8H,2,5-6,9-10H2,(H2,13,16);1-5,11H,6-9H2. The van der Waals surface area contributed by atoms with Crippen molar-refractivity contribution < 1.29 is 4.79 Å². The van der Waals surface area contributed by atoms with Crippen LogP contribution in [0.5, 0.6) is 0 Å². The van der Waals surface area contributed by atoms with Crippen LogP contribution in [0.1, 0.15) is 19.3 Å². The Balaban J connectivity index is 0.000000167. The highest BCUT2D eigenvalue weighted by atomic mass is 16.2. The van der Waals surface area contributed by atoms with E-state index in [-0.39, 0.29) is 6.03 Å². The number of rotatable bonds is 2. The minimum Gasteiger partial charge on any atom is -0.369 e. The molecule has 2 saturated heterocycles. The molecule has 0 unspecified atom stereocenters. The smallest absolute Gasteiger partial charge is 0.333 e. The Bertz CT molecular complexity index is 703. The van der Waals surface area contributed by atoms with Gasteiger partial charge in [-0.25, -0.2) is 9.80 Å². The first-order valence-electron chi connectivity index (χ1n) is 10.2. The predicted molar refractivity (Wildman–Crippen MR) is 115 cm³/mol. The van der Waals surface area contributed by atoms with Gasteiger partial charge >= 0.3 is 6.03 Å². The molecule has 2 amide bonds. The fourth-order valence-electron chi connectivity index (χ4n) is 3.60. The molecule has 6 heteroatoms. The Morgan fingerprint density at radius 1 is 0.750 bits per heavy atom. The van der Waals surface area contributed by atoms with Gasteiger partial charge in [-0.15, -0.1) is 0 Å². The van der Waals surface area contributed by atoms with Gasteiger partial charge in [-0.3, -0.25) is 5.01 Å². The van der Waals surface area contributed by atoms with Crippen LogP contribution in [0.25, 0.3) is 0 Å². The fraction of sp³-hybridized carbons (Fsp3) is 0.409. The second-order valence-electron chi connectivity index (χ2n) is 7.05. The van der Waals surface area contributed by atoms with Gasteiger partial charge in [-0.2, -0.15) is 0 Å². The second-order valence-corrected chi connectivity index (χ2v) is 7.05. The summed E-state index contributed by atoms with van der Waals surface area (Å²) in [6.07, 6.45) is 3.26. The number of primary amides is 1. The zero-order chi connectivity index (χ0) is 19.6. The van der Waals surface area contributed by atoms with Gasteiger partial charge in [0.2, 0.25) is 0 Å². The number of para-hydroxylation sites is 2. The van der Waals surface area contributed by atoms with E-state index < -0.39 is 0 Å². The number of amides is 2. The maximum Gasteiger partial charge on any atom is 0.333 e. The topological polar surface area (TPSA) is 64.8 Å². The van der Waals surface area contributed by atoms with Crippen molar-refractivity contribution in [1.82, 2.24) is 10.3 Å². The summed E-state index contributed by atoms with van der Waals surface area (Å²) in [5, 5.41) is 6.97. The number of nitrogens with zero attached hydrogens (tertiary/aromatic N) is 3. The van der Waals surface area contributed by atoms with Crippen LogP contribution in [0.15, 0.2) is 60.7 Å². The molecule has 4 rings (SSSR count). The quantitative estimate of drug-likeness (QED) is 0.839. The fourth-order valence-corrected chi connectivity index (χ4v) is 3.60. The molecule has 0 atom stereocenters. The largest absolute Gasteiger partial charge is 0.369 e. The number of benzene rings is 2. The highest BCUT2D eigenvalue weighted by Crippen LogP contribution is 2.20. The van der Waals surface area contributed by atoms with Crippen molar-refractivity contribution in [3.8, 4) is 0 Å². The molecule has 0 radical (unpaired) electrons. The summed E-state index contributed by atoms with van der Waals surface area (Å²) in [7, 11) is 0. The summed E-state index contributed by atoms with van der Waals surface area (Å²) in [6.45, 7) is 6.04. The minimum atomic E-state index is -0.370. The first kappa shape index (κ1) is 20.0. The lowest BCUT2D eigenvalue weighted by Crippen LogP contribution is -2.49. The zero-order valence-electron chi connectivity index (χ0n) is 16.5. The molecule has 0 spiro atoms. The normalized spacial score (nSPS) is 17.4. The summed E-state index contributed by atoms with van der Waals surface area (Å²) in [6, 6.07) is 20.1. The van der Waals surface area contributed by atoms with E-state index in [1.165, 1.54) is 5.69 Å². The zero-order valence-corrected chi connectivity index (χ0v) is 16.5. The predicted octanol–water partition coefficient (Wildman–Crippen LogP) is 3.07. The lowest BCUT2D eigenvalue weighted by Gasteiger charge is -2.33. The third-order valence-corrected chi connectivity index (χ3v) is 5.08. The minimum absolute atomic E-state index is 0.370. The van der Waals surface area contributed by atoms with Gasteiger partial charge in [0.05, 0.1) is 5.69 Å². The van der Waals surface area contributed by atoms with Gasteiger partial charge in [0.15, 0.2) is 0 Å². The number of hydrogen-bond donors (Lipinski definition) is 2. The molecule has 2 aromatic rings. The summed E-state index contributed by atoms with van der Waals surface area (Å²) in [5.74, 6) is 0.